The largest absolute Gasteiger partial charge is 0.485 e. The van der Waals surface area contributed by atoms with Gasteiger partial charge in [0.15, 0.2) is 11.5 Å². The number of nitrogens with two attached hydrogens (primary N) is 1. The molecule has 40 heavy (non-hydrogen) atoms. The predicted molar refractivity (Wildman–Crippen MR) is 146 cm³/mol. The van der Waals surface area contributed by atoms with Crippen molar-refractivity contribution in [2.24, 2.45) is 17.1 Å². The predicted octanol–water partition coefficient (Wildman–Crippen LogP) is 5.00. The van der Waals surface area contributed by atoms with Crippen LogP contribution < -0.4 is 15.2 Å². The van der Waals surface area contributed by atoms with Crippen LogP contribution in [-0.2, 0) is 28.0 Å². The van der Waals surface area contributed by atoms with Gasteiger partial charge in [0, 0.05) is 18.2 Å². The van der Waals surface area contributed by atoms with Gasteiger partial charge in [-0.1, -0.05) is 36.4 Å². The molecule has 6 nitrogen and oxygen atoms in total. The second-order valence-electron chi connectivity index (χ2n) is 13.6. The van der Waals surface area contributed by atoms with Crippen molar-refractivity contribution >= 4 is 5.97 Å². The van der Waals surface area contributed by atoms with E-state index in [4.69, 9.17) is 19.9 Å². The first kappa shape index (κ1) is 26.2. The number of carbonyl (C=O) groups is 1. The molecule has 2 aromatic rings. The summed E-state index contributed by atoms with van der Waals surface area (Å²) in [6.45, 7) is 5.78. The molecule has 8 heteroatoms. The SMILES string of the molecule is CC(C)(C)C(=O)O[C@@]12CC[C@@H](N)[C@@H]3Oc4c(OCc5ccccc5)ccc5c4[C@@]31C(F)(F)CN(CC1CC1)[C@H]2C5. The van der Waals surface area contributed by atoms with Gasteiger partial charge in [-0.15, -0.1) is 0 Å². The molecule has 2 aromatic carbocycles. The van der Waals surface area contributed by atoms with Crippen molar-refractivity contribution in [2.45, 2.75) is 94.6 Å². The smallest absolute Gasteiger partial charge is 0.311 e. The van der Waals surface area contributed by atoms with E-state index >= 15 is 8.78 Å². The monoisotopic (exact) mass is 552 g/mol. The molecule has 1 saturated heterocycles. The van der Waals surface area contributed by atoms with Crippen LogP contribution >= 0.6 is 0 Å². The molecule has 7 rings (SSSR count). The molecule has 0 amide bonds. The van der Waals surface area contributed by atoms with Gasteiger partial charge in [0.05, 0.1) is 18.0 Å². The van der Waals surface area contributed by atoms with E-state index in [0.717, 1.165) is 24.0 Å². The van der Waals surface area contributed by atoms with Crippen LogP contribution in [-0.4, -0.2) is 53.7 Å². The molecular formula is C32H38F2N2O4. The lowest BCUT2D eigenvalue weighted by molar-refractivity contribution is -0.292. The van der Waals surface area contributed by atoms with E-state index < -0.39 is 47.0 Å². The molecule has 2 N–H and O–H groups in total. The molecule has 2 bridgehead atoms. The number of piperidine rings is 1. The number of benzene rings is 2. The number of likely N-dealkylation sites (tertiary alicyclic amines) is 1. The third-order valence-corrected chi connectivity index (χ3v) is 9.86. The minimum Gasteiger partial charge on any atom is -0.485 e. The first-order valence-corrected chi connectivity index (χ1v) is 14.6. The summed E-state index contributed by atoms with van der Waals surface area (Å²) < 4.78 is 53.7. The zero-order chi connectivity index (χ0) is 28.1. The third kappa shape index (κ3) is 3.54. The average Bonchev–Trinajstić information content (AvgIpc) is 3.63. The van der Waals surface area contributed by atoms with Crippen LogP contribution in [0, 0.1) is 11.3 Å². The number of esters is 1. The summed E-state index contributed by atoms with van der Waals surface area (Å²) in [6.07, 6.45) is 2.27. The summed E-state index contributed by atoms with van der Waals surface area (Å²) in [5, 5.41) is 0. The van der Waals surface area contributed by atoms with Crippen LogP contribution in [0.5, 0.6) is 11.5 Å². The third-order valence-electron chi connectivity index (χ3n) is 9.86. The lowest BCUT2D eigenvalue weighted by atomic mass is 9.46. The lowest BCUT2D eigenvalue weighted by Crippen LogP contribution is -2.85. The Morgan fingerprint density at radius 1 is 1.12 bits per heavy atom. The molecule has 2 heterocycles. The number of hydrogen-bond donors (Lipinski definition) is 1. The Morgan fingerprint density at radius 3 is 2.58 bits per heavy atom. The van der Waals surface area contributed by atoms with Gasteiger partial charge in [0.2, 0.25) is 0 Å². The van der Waals surface area contributed by atoms with Crippen molar-refractivity contribution in [3.05, 3.63) is 59.2 Å². The molecule has 2 saturated carbocycles. The Bertz CT molecular complexity index is 1340. The topological polar surface area (TPSA) is 74.0 Å². The summed E-state index contributed by atoms with van der Waals surface area (Å²) in [7, 11) is 0. The standard InChI is InChI=1S/C32H38F2N2O4/c1-29(2,3)28(37)40-30-14-13-22(35)27-32(30)25-21(15-24(30)36(16-19-9-10-19)18-31(32,33)34)11-12-23(26(25)39-27)38-17-20-7-5-4-6-8-20/h4-8,11-12,19,22,24,27H,9-10,13-18,35H2,1-3H3/t22-,24+,27+,30-,32-/m1/s1. The Labute approximate surface area is 234 Å². The number of rotatable bonds is 6. The van der Waals surface area contributed by atoms with Gasteiger partial charge in [-0.25, -0.2) is 8.78 Å². The minimum absolute atomic E-state index is 0.269. The maximum Gasteiger partial charge on any atom is 0.311 e. The van der Waals surface area contributed by atoms with Crippen LogP contribution in [0.4, 0.5) is 8.78 Å². The fourth-order valence-electron chi connectivity index (χ4n) is 7.88. The fraction of sp³-hybridized carbons (Fsp3) is 0.594. The molecular weight excluding hydrogens is 514 g/mol. The average molecular weight is 553 g/mol. The highest BCUT2D eigenvalue weighted by atomic mass is 19.3. The van der Waals surface area contributed by atoms with Crippen molar-refractivity contribution in [1.82, 2.24) is 4.90 Å². The van der Waals surface area contributed by atoms with Gasteiger partial charge in [0.25, 0.3) is 5.92 Å². The highest BCUT2D eigenvalue weighted by Crippen LogP contribution is 2.70. The van der Waals surface area contributed by atoms with Crippen molar-refractivity contribution in [3.63, 3.8) is 0 Å². The summed E-state index contributed by atoms with van der Waals surface area (Å²) in [5.41, 5.74) is 4.65. The maximum absolute atomic E-state index is 17.2. The summed E-state index contributed by atoms with van der Waals surface area (Å²) in [6, 6.07) is 12.4. The molecule has 0 aromatic heterocycles. The van der Waals surface area contributed by atoms with Crippen LogP contribution in [0.15, 0.2) is 42.5 Å². The molecule has 214 valence electrons. The lowest BCUT2D eigenvalue weighted by Gasteiger charge is -2.67. The Hall–Kier alpha value is -2.71. The van der Waals surface area contributed by atoms with Gasteiger partial charge in [0.1, 0.15) is 23.7 Å². The van der Waals surface area contributed by atoms with Crippen LogP contribution in [0.25, 0.3) is 0 Å². The molecule has 0 unspecified atom stereocenters. The molecule has 5 aliphatic rings. The van der Waals surface area contributed by atoms with Gasteiger partial charge >= 0.3 is 5.97 Å². The molecule has 2 aliphatic heterocycles. The van der Waals surface area contributed by atoms with Crippen LogP contribution in [0.3, 0.4) is 0 Å². The summed E-state index contributed by atoms with van der Waals surface area (Å²) in [4.78, 5) is 15.5. The Morgan fingerprint density at radius 2 is 1.88 bits per heavy atom. The fourth-order valence-corrected chi connectivity index (χ4v) is 7.88. The normalized spacial score (nSPS) is 33.6. The molecule has 1 spiro atoms. The summed E-state index contributed by atoms with van der Waals surface area (Å²) in [5.74, 6) is -2.56. The number of ether oxygens (including phenoxy) is 3. The van der Waals surface area contributed by atoms with Gasteiger partial charge in [-0.3, -0.25) is 9.69 Å². The van der Waals surface area contributed by atoms with E-state index in [1.807, 2.05) is 47.4 Å². The quantitative estimate of drug-likeness (QED) is 0.509. The number of hydrogen-bond acceptors (Lipinski definition) is 6. The number of alkyl halides is 2. The van der Waals surface area contributed by atoms with Crippen molar-refractivity contribution in [3.8, 4) is 11.5 Å². The summed E-state index contributed by atoms with van der Waals surface area (Å²) >= 11 is 0. The van der Waals surface area contributed by atoms with Gasteiger partial charge < -0.3 is 19.9 Å². The first-order valence-electron chi connectivity index (χ1n) is 14.6. The van der Waals surface area contributed by atoms with Gasteiger partial charge in [-0.2, -0.15) is 0 Å². The first-order chi connectivity index (χ1) is 19.0. The van der Waals surface area contributed by atoms with Crippen LogP contribution in [0.1, 0.15) is 63.1 Å². The number of halogens is 2. The maximum atomic E-state index is 17.2. The van der Waals surface area contributed by atoms with Crippen LogP contribution in [0.2, 0.25) is 0 Å². The second-order valence-corrected chi connectivity index (χ2v) is 13.6. The van der Waals surface area contributed by atoms with Crippen molar-refractivity contribution < 1.29 is 27.8 Å². The van der Waals surface area contributed by atoms with E-state index in [9.17, 15) is 4.79 Å². The highest BCUT2D eigenvalue weighted by molar-refractivity contribution is 5.77. The van der Waals surface area contributed by atoms with Gasteiger partial charge in [-0.05, 0) is 76.0 Å². The number of carbonyl (C=O) groups excluding carboxylic acids is 1. The van der Waals surface area contributed by atoms with E-state index in [1.165, 1.54) is 0 Å². The second kappa shape index (κ2) is 8.65. The Balaban J connectivity index is 1.42. The number of nitrogens with zero attached hydrogens (tertiary/aromatic N) is 1. The molecule has 0 radical (unpaired) electrons. The van der Waals surface area contributed by atoms with E-state index in [1.54, 1.807) is 20.8 Å². The molecule has 3 fully saturated rings. The highest BCUT2D eigenvalue weighted by Gasteiger charge is 2.84. The van der Waals surface area contributed by atoms with Crippen molar-refractivity contribution in [2.75, 3.05) is 13.1 Å². The molecule has 5 atom stereocenters. The van der Waals surface area contributed by atoms with E-state index in [2.05, 4.69) is 0 Å². The van der Waals surface area contributed by atoms with E-state index in [0.29, 0.717) is 42.4 Å². The Kier molecular flexibility index (Phi) is 5.67. The van der Waals surface area contributed by atoms with E-state index in [-0.39, 0.29) is 19.1 Å². The van der Waals surface area contributed by atoms with Crippen molar-refractivity contribution in [1.29, 1.82) is 0 Å². The minimum atomic E-state index is -3.25. The zero-order valence-corrected chi connectivity index (χ0v) is 23.4. The molecule has 3 aliphatic carbocycles. The zero-order valence-electron chi connectivity index (χ0n) is 23.4.